The molecule has 0 bridgehead atoms. The zero-order chi connectivity index (χ0) is 15.3. The van der Waals surface area contributed by atoms with Gasteiger partial charge in [0.2, 0.25) is 5.91 Å². The molecular weight excluding hydrogens is 262 g/mol. The lowest BCUT2D eigenvalue weighted by molar-refractivity contribution is -0.125. The van der Waals surface area contributed by atoms with Gasteiger partial charge < -0.3 is 16.0 Å². The number of nitrogens with zero attached hydrogens (tertiary/aromatic N) is 1. The summed E-state index contributed by atoms with van der Waals surface area (Å²) in [4.78, 5) is 14.9. The summed E-state index contributed by atoms with van der Waals surface area (Å²) in [6.07, 6.45) is 6.42. The summed E-state index contributed by atoms with van der Waals surface area (Å²) in [5, 5.41) is 3.12. The Balaban J connectivity index is 2.19. The number of hydrogen-bond donors (Lipinski definition) is 2. The van der Waals surface area contributed by atoms with Gasteiger partial charge >= 0.3 is 0 Å². The standard InChI is InChI=1S/C17H27N3O/c1-20(2)15-10-6-5-9-14(15)19-16(21)17(13-18)11-7-3-4-8-12-17/h5-6,9-10H,3-4,7-8,11-13,18H2,1-2H3,(H,19,21). The Hall–Kier alpha value is -1.55. The molecule has 0 radical (unpaired) electrons. The first-order valence-corrected chi connectivity index (χ1v) is 7.87. The number of carbonyl (C=O) groups excluding carboxylic acids is 1. The molecule has 0 unspecified atom stereocenters. The van der Waals surface area contributed by atoms with Crippen LogP contribution in [-0.4, -0.2) is 26.5 Å². The van der Waals surface area contributed by atoms with Crippen LogP contribution >= 0.6 is 0 Å². The number of nitrogens with two attached hydrogens (primary N) is 1. The molecule has 0 saturated heterocycles. The number of carbonyl (C=O) groups is 1. The molecule has 1 amide bonds. The van der Waals surface area contributed by atoms with Crippen LogP contribution in [0, 0.1) is 5.41 Å². The highest BCUT2D eigenvalue weighted by atomic mass is 16.2. The first kappa shape index (κ1) is 15.8. The third kappa shape index (κ3) is 3.56. The molecule has 4 nitrogen and oxygen atoms in total. The van der Waals surface area contributed by atoms with Crippen molar-refractivity contribution in [3.63, 3.8) is 0 Å². The third-order valence-electron chi connectivity index (χ3n) is 4.57. The van der Waals surface area contributed by atoms with E-state index in [9.17, 15) is 4.79 Å². The monoisotopic (exact) mass is 289 g/mol. The minimum absolute atomic E-state index is 0.0844. The van der Waals surface area contributed by atoms with Crippen LogP contribution in [0.15, 0.2) is 24.3 Å². The summed E-state index contributed by atoms with van der Waals surface area (Å²) >= 11 is 0. The topological polar surface area (TPSA) is 58.4 Å². The molecule has 1 aromatic rings. The maximum Gasteiger partial charge on any atom is 0.231 e. The van der Waals surface area contributed by atoms with E-state index >= 15 is 0 Å². The van der Waals surface area contributed by atoms with Gasteiger partial charge in [-0.1, -0.05) is 37.8 Å². The Morgan fingerprint density at radius 3 is 2.38 bits per heavy atom. The summed E-state index contributed by atoms with van der Waals surface area (Å²) in [6.45, 7) is 0.433. The van der Waals surface area contributed by atoms with E-state index in [4.69, 9.17) is 5.73 Å². The maximum absolute atomic E-state index is 12.8. The summed E-state index contributed by atoms with van der Waals surface area (Å²) < 4.78 is 0. The van der Waals surface area contributed by atoms with Crippen LogP contribution in [0.25, 0.3) is 0 Å². The van der Waals surface area contributed by atoms with E-state index < -0.39 is 5.41 Å². The molecule has 1 aromatic carbocycles. The molecule has 2 rings (SSSR count). The van der Waals surface area contributed by atoms with Gasteiger partial charge in [-0.3, -0.25) is 4.79 Å². The molecule has 0 aromatic heterocycles. The fraction of sp³-hybridized carbons (Fsp3) is 0.588. The van der Waals surface area contributed by atoms with Crippen LogP contribution in [0.1, 0.15) is 38.5 Å². The predicted molar refractivity (Wildman–Crippen MR) is 88.6 cm³/mol. The smallest absolute Gasteiger partial charge is 0.231 e. The van der Waals surface area contributed by atoms with E-state index in [1.165, 1.54) is 12.8 Å². The van der Waals surface area contributed by atoms with Crippen molar-refractivity contribution in [3.8, 4) is 0 Å². The normalized spacial score (nSPS) is 17.9. The van der Waals surface area contributed by atoms with E-state index in [1.807, 2.05) is 43.3 Å². The number of amides is 1. The van der Waals surface area contributed by atoms with Crippen molar-refractivity contribution in [1.82, 2.24) is 0 Å². The number of nitrogens with one attached hydrogen (secondary N) is 1. The zero-order valence-electron chi connectivity index (χ0n) is 13.2. The van der Waals surface area contributed by atoms with Crippen molar-refractivity contribution in [2.45, 2.75) is 38.5 Å². The SMILES string of the molecule is CN(C)c1ccccc1NC(=O)C1(CN)CCCCCC1. The Labute approximate surface area is 127 Å². The van der Waals surface area contributed by atoms with Crippen molar-refractivity contribution in [2.75, 3.05) is 30.9 Å². The summed E-state index contributed by atoms with van der Waals surface area (Å²) in [7, 11) is 3.96. The van der Waals surface area contributed by atoms with Crippen LogP contribution < -0.4 is 16.0 Å². The maximum atomic E-state index is 12.8. The average molecular weight is 289 g/mol. The number of rotatable bonds is 4. The van der Waals surface area contributed by atoms with Gasteiger partial charge in [-0.15, -0.1) is 0 Å². The second kappa shape index (κ2) is 6.94. The molecule has 116 valence electrons. The lowest BCUT2D eigenvalue weighted by atomic mass is 9.79. The number of anilines is 2. The minimum atomic E-state index is -0.393. The summed E-state index contributed by atoms with van der Waals surface area (Å²) in [6, 6.07) is 7.89. The number of hydrogen-bond acceptors (Lipinski definition) is 3. The Morgan fingerprint density at radius 2 is 1.81 bits per heavy atom. The Bertz CT molecular complexity index is 477. The highest BCUT2D eigenvalue weighted by Gasteiger charge is 2.37. The molecule has 0 aliphatic heterocycles. The number of benzene rings is 1. The molecule has 3 N–H and O–H groups in total. The molecule has 1 aliphatic rings. The highest BCUT2D eigenvalue weighted by molar-refractivity contribution is 5.98. The van der Waals surface area contributed by atoms with Crippen LogP contribution in [0.4, 0.5) is 11.4 Å². The van der Waals surface area contributed by atoms with Crippen molar-refractivity contribution in [3.05, 3.63) is 24.3 Å². The Morgan fingerprint density at radius 1 is 1.19 bits per heavy atom. The van der Waals surface area contributed by atoms with Gasteiger partial charge in [-0.05, 0) is 25.0 Å². The molecule has 0 atom stereocenters. The van der Waals surface area contributed by atoms with E-state index in [2.05, 4.69) is 5.32 Å². The lowest BCUT2D eigenvalue weighted by Gasteiger charge is -2.30. The molecule has 21 heavy (non-hydrogen) atoms. The predicted octanol–water partition coefficient (Wildman–Crippen LogP) is 2.99. The molecule has 1 aliphatic carbocycles. The lowest BCUT2D eigenvalue weighted by Crippen LogP contribution is -2.42. The van der Waals surface area contributed by atoms with Crippen LogP contribution in [0.2, 0.25) is 0 Å². The van der Waals surface area contributed by atoms with E-state index in [0.29, 0.717) is 6.54 Å². The van der Waals surface area contributed by atoms with Gasteiger partial charge in [0, 0.05) is 20.6 Å². The van der Waals surface area contributed by atoms with Gasteiger partial charge in [-0.2, -0.15) is 0 Å². The van der Waals surface area contributed by atoms with Crippen molar-refractivity contribution in [2.24, 2.45) is 11.1 Å². The quantitative estimate of drug-likeness (QED) is 0.838. The fourth-order valence-corrected chi connectivity index (χ4v) is 3.15. The van der Waals surface area contributed by atoms with E-state index in [1.54, 1.807) is 0 Å². The highest BCUT2D eigenvalue weighted by Crippen LogP contribution is 2.36. The minimum Gasteiger partial charge on any atom is -0.376 e. The fourth-order valence-electron chi connectivity index (χ4n) is 3.15. The first-order chi connectivity index (χ1) is 10.1. The van der Waals surface area contributed by atoms with Gasteiger partial charge in [0.15, 0.2) is 0 Å². The molecular formula is C17H27N3O. The van der Waals surface area contributed by atoms with Crippen molar-refractivity contribution >= 4 is 17.3 Å². The van der Waals surface area contributed by atoms with E-state index in [-0.39, 0.29) is 5.91 Å². The van der Waals surface area contributed by atoms with Crippen LogP contribution in [0.5, 0.6) is 0 Å². The van der Waals surface area contributed by atoms with Gasteiger partial charge in [-0.25, -0.2) is 0 Å². The summed E-state index contributed by atoms with van der Waals surface area (Å²) in [5.74, 6) is 0.0844. The molecule has 1 saturated carbocycles. The molecule has 0 heterocycles. The second-order valence-corrected chi connectivity index (χ2v) is 6.26. The molecule has 0 spiro atoms. The third-order valence-corrected chi connectivity index (χ3v) is 4.57. The molecule has 1 fully saturated rings. The Kier molecular flexibility index (Phi) is 5.23. The average Bonchev–Trinajstić information content (AvgIpc) is 2.74. The van der Waals surface area contributed by atoms with Gasteiger partial charge in [0.1, 0.15) is 0 Å². The second-order valence-electron chi connectivity index (χ2n) is 6.26. The van der Waals surface area contributed by atoms with Crippen molar-refractivity contribution in [1.29, 1.82) is 0 Å². The van der Waals surface area contributed by atoms with Crippen LogP contribution in [-0.2, 0) is 4.79 Å². The largest absolute Gasteiger partial charge is 0.376 e. The van der Waals surface area contributed by atoms with Crippen molar-refractivity contribution < 1.29 is 4.79 Å². The van der Waals surface area contributed by atoms with Gasteiger partial charge in [0.25, 0.3) is 0 Å². The zero-order valence-corrected chi connectivity index (χ0v) is 13.2. The summed E-state index contributed by atoms with van der Waals surface area (Å²) in [5.41, 5.74) is 7.48. The van der Waals surface area contributed by atoms with Crippen LogP contribution in [0.3, 0.4) is 0 Å². The first-order valence-electron chi connectivity index (χ1n) is 7.87. The molecule has 4 heteroatoms. The van der Waals surface area contributed by atoms with E-state index in [0.717, 1.165) is 37.1 Å². The number of para-hydroxylation sites is 2. The van der Waals surface area contributed by atoms with Gasteiger partial charge in [0.05, 0.1) is 16.8 Å².